The van der Waals surface area contributed by atoms with Gasteiger partial charge in [0.2, 0.25) is 0 Å². The Balaban J connectivity index is 1.58. The van der Waals surface area contributed by atoms with E-state index >= 15 is 0 Å². The molecular formula is C22H22N2S. The Labute approximate surface area is 154 Å². The van der Waals surface area contributed by atoms with Gasteiger partial charge in [0, 0.05) is 36.6 Å². The fourth-order valence-corrected chi connectivity index (χ4v) is 3.23. The first kappa shape index (κ1) is 17.3. The lowest BCUT2D eigenvalue weighted by Gasteiger charge is -2.11. The number of aliphatic imine (C=N–C) groups is 1. The molecule has 0 aliphatic rings. The van der Waals surface area contributed by atoms with Crippen LogP contribution in [0.1, 0.15) is 11.1 Å². The summed E-state index contributed by atoms with van der Waals surface area (Å²) in [7, 11) is 4.08. The number of nitrogens with zero attached hydrogens (tertiary/aromatic N) is 2. The summed E-state index contributed by atoms with van der Waals surface area (Å²) in [6.45, 7) is 0. The third-order valence-corrected chi connectivity index (χ3v) is 4.94. The molecule has 0 bridgehead atoms. The molecule has 0 radical (unpaired) electrons. The summed E-state index contributed by atoms with van der Waals surface area (Å²) in [4.78, 5) is 7.91. The molecule has 0 fully saturated rings. The van der Waals surface area contributed by atoms with E-state index in [9.17, 15) is 0 Å². The molecule has 0 N–H and O–H groups in total. The van der Waals surface area contributed by atoms with Crippen molar-refractivity contribution >= 4 is 29.4 Å². The first-order valence-corrected chi connectivity index (χ1v) is 9.27. The summed E-state index contributed by atoms with van der Waals surface area (Å²) in [6, 6.07) is 27.3. The Bertz CT molecular complexity index is 807. The Morgan fingerprint density at radius 3 is 2.16 bits per heavy atom. The molecule has 3 rings (SSSR count). The molecule has 0 atom stereocenters. The van der Waals surface area contributed by atoms with Crippen LogP contribution >= 0.6 is 11.8 Å². The van der Waals surface area contributed by atoms with Gasteiger partial charge in [-0.05, 0) is 47.5 Å². The zero-order chi connectivity index (χ0) is 17.5. The van der Waals surface area contributed by atoms with Crippen LogP contribution in [-0.4, -0.2) is 20.3 Å². The van der Waals surface area contributed by atoms with Crippen LogP contribution in [0.4, 0.5) is 11.4 Å². The average Bonchev–Trinajstić information content (AvgIpc) is 2.67. The van der Waals surface area contributed by atoms with E-state index in [4.69, 9.17) is 0 Å². The van der Waals surface area contributed by atoms with Gasteiger partial charge in [-0.3, -0.25) is 4.99 Å². The standard InChI is InChI=1S/C22H22N2S/c1-24(2)21-12-8-18(9-13-21)16-23-20-10-14-22(15-11-20)25-17-19-6-4-3-5-7-19/h3-16H,17H2,1-2H3. The van der Waals surface area contributed by atoms with E-state index in [1.807, 2.05) is 32.1 Å². The molecule has 3 aromatic carbocycles. The van der Waals surface area contributed by atoms with Gasteiger partial charge < -0.3 is 4.90 Å². The number of thioether (sulfide) groups is 1. The highest BCUT2D eigenvalue weighted by Crippen LogP contribution is 2.25. The largest absolute Gasteiger partial charge is 0.378 e. The van der Waals surface area contributed by atoms with Gasteiger partial charge in [-0.1, -0.05) is 42.5 Å². The number of benzene rings is 3. The summed E-state index contributed by atoms with van der Waals surface area (Å²) >= 11 is 1.84. The molecule has 2 nitrogen and oxygen atoms in total. The van der Waals surface area contributed by atoms with Gasteiger partial charge in [-0.15, -0.1) is 11.8 Å². The molecule has 0 amide bonds. The van der Waals surface area contributed by atoms with E-state index in [2.05, 4.69) is 88.8 Å². The molecule has 0 unspecified atom stereocenters. The maximum atomic E-state index is 4.56. The lowest BCUT2D eigenvalue weighted by atomic mass is 10.2. The SMILES string of the molecule is CN(C)c1ccc(C=Nc2ccc(SCc3ccccc3)cc2)cc1. The number of hydrogen-bond donors (Lipinski definition) is 0. The summed E-state index contributed by atoms with van der Waals surface area (Å²) in [5.74, 6) is 0.988. The molecule has 126 valence electrons. The number of anilines is 1. The zero-order valence-corrected chi connectivity index (χ0v) is 15.4. The maximum absolute atomic E-state index is 4.56. The minimum atomic E-state index is 0.973. The lowest BCUT2D eigenvalue weighted by Crippen LogP contribution is -2.08. The Hall–Kier alpha value is -2.52. The third-order valence-electron chi connectivity index (χ3n) is 3.86. The van der Waals surface area contributed by atoms with E-state index in [-0.39, 0.29) is 0 Å². The van der Waals surface area contributed by atoms with Crippen molar-refractivity contribution in [1.82, 2.24) is 0 Å². The highest BCUT2D eigenvalue weighted by atomic mass is 32.2. The van der Waals surface area contributed by atoms with E-state index in [1.54, 1.807) is 0 Å². The maximum Gasteiger partial charge on any atom is 0.0630 e. The Morgan fingerprint density at radius 2 is 1.52 bits per heavy atom. The molecule has 0 saturated heterocycles. The minimum Gasteiger partial charge on any atom is -0.378 e. The van der Waals surface area contributed by atoms with Gasteiger partial charge in [0.1, 0.15) is 0 Å². The quantitative estimate of drug-likeness (QED) is 0.414. The molecular weight excluding hydrogens is 324 g/mol. The van der Waals surface area contributed by atoms with Gasteiger partial charge in [-0.2, -0.15) is 0 Å². The van der Waals surface area contributed by atoms with Gasteiger partial charge >= 0.3 is 0 Å². The van der Waals surface area contributed by atoms with Crippen LogP contribution in [0.3, 0.4) is 0 Å². The van der Waals surface area contributed by atoms with E-state index in [0.717, 1.165) is 17.0 Å². The van der Waals surface area contributed by atoms with Crippen molar-refractivity contribution in [2.45, 2.75) is 10.6 Å². The molecule has 0 saturated carbocycles. The van der Waals surface area contributed by atoms with Crippen molar-refractivity contribution in [1.29, 1.82) is 0 Å². The van der Waals surface area contributed by atoms with Crippen molar-refractivity contribution in [3.63, 3.8) is 0 Å². The molecule has 0 spiro atoms. The van der Waals surface area contributed by atoms with Crippen LogP contribution in [-0.2, 0) is 5.75 Å². The van der Waals surface area contributed by atoms with Crippen LogP contribution in [0, 0.1) is 0 Å². The molecule has 0 aliphatic carbocycles. The second-order valence-corrected chi connectivity index (χ2v) is 7.06. The normalized spacial score (nSPS) is 11.0. The van der Waals surface area contributed by atoms with E-state index < -0.39 is 0 Å². The Kier molecular flexibility index (Phi) is 5.91. The molecule has 0 aromatic heterocycles. The summed E-state index contributed by atoms with van der Waals surface area (Å²) in [5, 5.41) is 0. The summed E-state index contributed by atoms with van der Waals surface area (Å²) in [6.07, 6.45) is 1.91. The molecule has 3 aromatic rings. The van der Waals surface area contributed by atoms with Crippen molar-refractivity contribution in [3.05, 3.63) is 90.0 Å². The predicted octanol–water partition coefficient (Wildman–Crippen LogP) is 5.80. The van der Waals surface area contributed by atoms with Crippen molar-refractivity contribution < 1.29 is 0 Å². The first-order valence-electron chi connectivity index (χ1n) is 8.29. The first-order chi connectivity index (χ1) is 12.2. The number of rotatable bonds is 6. The minimum absolute atomic E-state index is 0.973. The zero-order valence-electron chi connectivity index (χ0n) is 14.6. The topological polar surface area (TPSA) is 15.6 Å². The fraction of sp³-hybridized carbons (Fsp3) is 0.136. The molecule has 3 heteroatoms. The van der Waals surface area contributed by atoms with Crippen LogP contribution < -0.4 is 4.90 Å². The molecule has 25 heavy (non-hydrogen) atoms. The Morgan fingerprint density at radius 1 is 0.840 bits per heavy atom. The number of hydrogen-bond acceptors (Lipinski definition) is 3. The van der Waals surface area contributed by atoms with Gasteiger partial charge in [0.15, 0.2) is 0 Å². The predicted molar refractivity (Wildman–Crippen MR) is 110 cm³/mol. The van der Waals surface area contributed by atoms with E-state index in [0.29, 0.717) is 0 Å². The second-order valence-electron chi connectivity index (χ2n) is 6.01. The smallest absolute Gasteiger partial charge is 0.0630 e. The molecule has 0 aliphatic heterocycles. The van der Waals surface area contributed by atoms with Gasteiger partial charge in [-0.25, -0.2) is 0 Å². The van der Waals surface area contributed by atoms with Crippen molar-refractivity contribution in [3.8, 4) is 0 Å². The fourth-order valence-electron chi connectivity index (χ4n) is 2.38. The van der Waals surface area contributed by atoms with Crippen LogP contribution in [0.5, 0.6) is 0 Å². The van der Waals surface area contributed by atoms with Crippen molar-refractivity contribution in [2.24, 2.45) is 4.99 Å². The highest BCUT2D eigenvalue weighted by Gasteiger charge is 1.97. The lowest BCUT2D eigenvalue weighted by molar-refractivity contribution is 1.13. The molecule has 0 heterocycles. The monoisotopic (exact) mass is 346 g/mol. The van der Waals surface area contributed by atoms with Crippen molar-refractivity contribution in [2.75, 3.05) is 19.0 Å². The average molecular weight is 346 g/mol. The van der Waals surface area contributed by atoms with Crippen LogP contribution in [0.15, 0.2) is 88.8 Å². The second kappa shape index (κ2) is 8.54. The van der Waals surface area contributed by atoms with Crippen LogP contribution in [0.2, 0.25) is 0 Å². The third kappa shape index (κ3) is 5.23. The summed E-state index contributed by atoms with van der Waals surface area (Å²) < 4.78 is 0. The highest BCUT2D eigenvalue weighted by molar-refractivity contribution is 7.98. The summed E-state index contributed by atoms with van der Waals surface area (Å²) in [5.41, 5.74) is 4.61. The van der Waals surface area contributed by atoms with Gasteiger partial charge in [0.05, 0.1) is 5.69 Å². The van der Waals surface area contributed by atoms with Crippen LogP contribution in [0.25, 0.3) is 0 Å². The van der Waals surface area contributed by atoms with E-state index in [1.165, 1.54) is 16.1 Å². The van der Waals surface area contributed by atoms with Gasteiger partial charge in [0.25, 0.3) is 0 Å².